The van der Waals surface area contributed by atoms with Crippen LogP contribution in [0, 0.1) is 0 Å². The van der Waals surface area contributed by atoms with Crippen LogP contribution in [0.4, 0.5) is 0 Å². The average Bonchev–Trinajstić information content (AvgIpc) is 2.82. The number of aliphatic hydroxyl groups is 7. The summed E-state index contributed by atoms with van der Waals surface area (Å²) in [6, 6.07) is 0. The van der Waals surface area contributed by atoms with Gasteiger partial charge in [0.2, 0.25) is 0 Å². The second kappa shape index (κ2) is 14.8. The largest absolute Gasteiger partial charge is 0.394 e. The molecule has 2 rings (SSSR count). The molecule has 7 N–H and O–H groups in total. The van der Waals surface area contributed by atoms with Crippen LogP contribution in [-0.4, -0.2) is 117 Å². The Balaban J connectivity index is 1.82. The summed E-state index contributed by atoms with van der Waals surface area (Å²) >= 11 is 0. The van der Waals surface area contributed by atoms with Gasteiger partial charge in [-0.15, -0.1) is 0 Å². The predicted molar refractivity (Wildman–Crippen MR) is 115 cm³/mol. The van der Waals surface area contributed by atoms with Crippen LogP contribution in [0.3, 0.4) is 0 Å². The first-order valence-corrected chi connectivity index (χ1v) is 12.1. The summed E-state index contributed by atoms with van der Waals surface area (Å²) in [4.78, 5) is 0. The van der Waals surface area contributed by atoms with E-state index in [-0.39, 0.29) is 0 Å². The van der Waals surface area contributed by atoms with Crippen molar-refractivity contribution in [2.45, 2.75) is 120 Å². The van der Waals surface area contributed by atoms with Crippen molar-refractivity contribution in [2.75, 3.05) is 19.8 Å². The van der Waals surface area contributed by atoms with Gasteiger partial charge in [-0.05, 0) is 6.42 Å². The Kier molecular flexibility index (Phi) is 13.0. The molecule has 0 aromatic rings. The highest BCUT2D eigenvalue weighted by Gasteiger charge is 2.50. The lowest BCUT2D eigenvalue weighted by atomic mass is 9.97. The van der Waals surface area contributed by atoms with E-state index in [1.165, 1.54) is 32.1 Å². The summed E-state index contributed by atoms with van der Waals surface area (Å²) in [6.45, 7) is 1.28. The van der Waals surface area contributed by atoms with E-state index < -0.39 is 74.6 Å². The molecule has 0 aromatic carbocycles. The molecule has 2 aliphatic heterocycles. The molecule has 33 heavy (non-hydrogen) atoms. The van der Waals surface area contributed by atoms with Crippen molar-refractivity contribution in [3.05, 3.63) is 0 Å². The molecule has 0 amide bonds. The van der Waals surface area contributed by atoms with Crippen molar-refractivity contribution >= 4 is 0 Å². The molecular formula is C22H42O11. The van der Waals surface area contributed by atoms with Gasteiger partial charge in [0, 0.05) is 6.61 Å². The predicted octanol–water partition coefficient (Wildman–Crippen LogP) is -1.23. The first kappa shape index (κ1) is 28.8. The molecule has 0 aromatic heterocycles. The fourth-order valence-corrected chi connectivity index (χ4v) is 4.13. The Morgan fingerprint density at radius 1 is 0.606 bits per heavy atom. The van der Waals surface area contributed by atoms with Crippen molar-refractivity contribution in [1.29, 1.82) is 0 Å². The van der Waals surface area contributed by atoms with Gasteiger partial charge >= 0.3 is 0 Å². The van der Waals surface area contributed by atoms with E-state index in [1.807, 2.05) is 0 Å². The maximum atomic E-state index is 10.6. The zero-order valence-corrected chi connectivity index (χ0v) is 19.3. The molecular weight excluding hydrogens is 440 g/mol. The van der Waals surface area contributed by atoms with Crippen LogP contribution in [0.1, 0.15) is 58.3 Å². The Bertz CT molecular complexity index is 521. The zero-order chi connectivity index (χ0) is 24.4. The molecule has 0 saturated carbocycles. The highest BCUT2D eigenvalue weighted by Crippen LogP contribution is 2.29. The second-order valence-corrected chi connectivity index (χ2v) is 8.85. The van der Waals surface area contributed by atoms with Gasteiger partial charge < -0.3 is 54.7 Å². The number of hydrogen-bond donors (Lipinski definition) is 7. The molecule has 196 valence electrons. The molecule has 0 radical (unpaired) electrons. The highest BCUT2D eigenvalue weighted by atomic mass is 16.7. The Labute approximate surface area is 194 Å². The minimum Gasteiger partial charge on any atom is -0.394 e. The molecule has 2 saturated heterocycles. The van der Waals surface area contributed by atoms with Crippen molar-refractivity contribution in [3.8, 4) is 0 Å². The second-order valence-electron chi connectivity index (χ2n) is 8.85. The SMILES string of the molecule is CCCCCCCCCCO[C@@H]1O[C@H](CO)[C@@H](O[C@H]2O[C@H](CO)[C@@H](O)[C@H](O)[C@@H]2O)[C@H](O)[C@@H]1O. The third kappa shape index (κ3) is 8.04. The quantitative estimate of drug-likeness (QED) is 0.147. The average molecular weight is 483 g/mol. The van der Waals surface area contributed by atoms with E-state index in [0.29, 0.717) is 6.61 Å². The van der Waals surface area contributed by atoms with Crippen LogP contribution in [0.5, 0.6) is 0 Å². The minimum absolute atomic E-state index is 0.319. The van der Waals surface area contributed by atoms with Crippen LogP contribution in [-0.2, 0) is 18.9 Å². The number of unbranched alkanes of at least 4 members (excludes halogenated alkanes) is 7. The fourth-order valence-electron chi connectivity index (χ4n) is 4.13. The summed E-state index contributed by atoms with van der Waals surface area (Å²) in [6.07, 6.45) is -5.35. The minimum atomic E-state index is -1.69. The van der Waals surface area contributed by atoms with Gasteiger partial charge in [0.25, 0.3) is 0 Å². The maximum Gasteiger partial charge on any atom is 0.187 e. The van der Waals surface area contributed by atoms with Gasteiger partial charge in [-0.3, -0.25) is 0 Å². The van der Waals surface area contributed by atoms with Gasteiger partial charge in [-0.2, -0.15) is 0 Å². The third-order valence-corrected chi connectivity index (χ3v) is 6.24. The van der Waals surface area contributed by atoms with Crippen molar-refractivity contribution < 1.29 is 54.7 Å². The molecule has 0 bridgehead atoms. The normalized spacial score (nSPS) is 39.6. The van der Waals surface area contributed by atoms with E-state index in [9.17, 15) is 35.7 Å². The molecule has 10 atom stereocenters. The summed E-state index contributed by atoms with van der Waals surface area (Å²) in [5.74, 6) is 0. The van der Waals surface area contributed by atoms with E-state index in [4.69, 9.17) is 18.9 Å². The first-order valence-electron chi connectivity index (χ1n) is 12.1. The molecule has 0 spiro atoms. The van der Waals surface area contributed by atoms with E-state index >= 15 is 0 Å². The lowest BCUT2D eigenvalue weighted by Gasteiger charge is -2.45. The molecule has 0 unspecified atom stereocenters. The Hall–Kier alpha value is -0.440. The van der Waals surface area contributed by atoms with Crippen LogP contribution in [0.2, 0.25) is 0 Å². The van der Waals surface area contributed by atoms with Gasteiger partial charge in [0.1, 0.15) is 48.8 Å². The number of aliphatic hydroxyl groups excluding tert-OH is 7. The fraction of sp³-hybridized carbons (Fsp3) is 1.00. The van der Waals surface area contributed by atoms with Crippen LogP contribution >= 0.6 is 0 Å². The molecule has 2 aliphatic rings. The lowest BCUT2D eigenvalue weighted by Crippen LogP contribution is -2.64. The van der Waals surface area contributed by atoms with Gasteiger partial charge in [0.15, 0.2) is 12.6 Å². The number of hydrogen-bond acceptors (Lipinski definition) is 11. The van der Waals surface area contributed by atoms with Crippen LogP contribution in [0.15, 0.2) is 0 Å². The van der Waals surface area contributed by atoms with Crippen molar-refractivity contribution in [2.24, 2.45) is 0 Å². The molecule has 2 heterocycles. The molecule has 11 nitrogen and oxygen atoms in total. The first-order chi connectivity index (χ1) is 15.8. The molecule has 2 fully saturated rings. The molecule has 0 aliphatic carbocycles. The number of ether oxygens (including phenoxy) is 4. The number of rotatable bonds is 14. The summed E-state index contributed by atoms with van der Waals surface area (Å²) < 4.78 is 22.0. The standard InChI is InChI=1S/C22H42O11/c1-2-3-4-5-6-7-8-9-10-30-21-19(29)17(27)20(14(12-24)32-21)33-22-18(28)16(26)15(25)13(11-23)31-22/h13-29H,2-12H2,1H3/t13-,14-,15-,16+,17-,18+,19+,20-,21-,22-/m1/s1. The Morgan fingerprint density at radius 2 is 1.15 bits per heavy atom. The van der Waals surface area contributed by atoms with Gasteiger partial charge in [0.05, 0.1) is 13.2 Å². The monoisotopic (exact) mass is 482 g/mol. The smallest absolute Gasteiger partial charge is 0.187 e. The van der Waals surface area contributed by atoms with Crippen molar-refractivity contribution in [3.63, 3.8) is 0 Å². The lowest BCUT2D eigenvalue weighted by molar-refractivity contribution is -0.359. The maximum absolute atomic E-state index is 10.6. The topological polar surface area (TPSA) is 179 Å². The summed E-state index contributed by atoms with van der Waals surface area (Å²) in [5.41, 5.74) is 0. The van der Waals surface area contributed by atoms with E-state index in [2.05, 4.69) is 6.92 Å². The van der Waals surface area contributed by atoms with E-state index in [0.717, 1.165) is 19.3 Å². The summed E-state index contributed by atoms with van der Waals surface area (Å²) in [7, 11) is 0. The van der Waals surface area contributed by atoms with Crippen molar-refractivity contribution in [1.82, 2.24) is 0 Å². The summed E-state index contributed by atoms with van der Waals surface area (Å²) in [5, 5.41) is 69.9. The van der Waals surface area contributed by atoms with Crippen LogP contribution in [0.25, 0.3) is 0 Å². The van der Waals surface area contributed by atoms with Gasteiger partial charge in [-0.1, -0.05) is 51.9 Å². The third-order valence-electron chi connectivity index (χ3n) is 6.24. The highest BCUT2D eigenvalue weighted by molar-refractivity contribution is 4.94. The zero-order valence-electron chi connectivity index (χ0n) is 19.3. The van der Waals surface area contributed by atoms with Crippen LogP contribution < -0.4 is 0 Å². The Morgan fingerprint density at radius 3 is 1.76 bits per heavy atom. The van der Waals surface area contributed by atoms with E-state index in [1.54, 1.807) is 0 Å². The molecule has 11 heteroatoms. The van der Waals surface area contributed by atoms with Gasteiger partial charge in [-0.25, -0.2) is 0 Å².